The van der Waals surface area contributed by atoms with Crippen LogP contribution < -0.4 is 11.2 Å². The summed E-state index contributed by atoms with van der Waals surface area (Å²) in [5, 5.41) is 9.95. The zero-order valence-electron chi connectivity index (χ0n) is 9.82. The molecule has 2 aromatic rings. The van der Waals surface area contributed by atoms with E-state index in [0.29, 0.717) is 10.2 Å². The average Bonchev–Trinajstić information content (AvgIpc) is 2.31. The van der Waals surface area contributed by atoms with Crippen LogP contribution in [0.3, 0.4) is 0 Å². The first-order valence-corrected chi connectivity index (χ1v) is 6.02. The molecule has 1 heterocycles. The Morgan fingerprint density at radius 1 is 1.28 bits per heavy atom. The van der Waals surface area contributed by atoms with Crippen LogP contribution in [0.5, 0.6) is 5.88 Å². The minimum atomic E-state index is -0.672. The van der Waals surface area contributed by atoms with Gasteiger partial charge in [-0.1, -0.05) is 6.07 Å². The van der Waals surface area contributed by atoms with Crippen molar-refractivity contribution in [1.82, 2.24) is 9.55 Å². The molecule has 0 aliphatic carbocycles. The minimum absolute atomic E-state index is 0.100. The summed E-state index contributed by atoms with van der Waals surface area (Å²) in [6.07, 6.45) is 0. The van der Waals surface area contributed by atoms with E-state index in [9.17, 15) is 14.7 Å². The van der Waals surface area contributed by atoms with E-state index in [1.165, 1.54) is 6.92 Å². The summed E-state index contributed by atoms with van der Waals surface area (Å²) in [6.45, 7) is 3.32. The molecule has 0 amide bonds. The molecule has 0 aliphatic rings. The summed E-state index contributed by atoms with van der Waals surface area (Å²) < 4.78 is 1.71. The second kappa shape index (κ2) is 4.45. The van der Waals surface area contributed by atoms with Crippen LogP contribution in [0.2, 0.25) is 0 Å². The average molecular weight is 311 g/mol. The van der Waals surface area contributed by atoms with Crippen molar-refractivity contribution in [3.8, 4) is 11.6 Å². The molecule has 0 saturated heterocycles. The predicted octanol–water partition coefficient (Wildman–Crippen LogP) is 1.61. The van der Waals surface area contributed by atoms with Gasteiger partial charge in [-0.15, -0.1) is 0 Å². The highest BCUT2D eigenvalue weighted by atomic mass is 79.9. The first-order chi connectivity index (χ1) is 8.41. The van der Waals surface area contributed by atoms with Crippen molar-refractivity contribution in [2.75, 3.05) is 0 Å². The Morgan fingerprint density at radius 3 is 2.61 bits per heavy atom. The quantitative estimate of drug-likeness (QED) is 0.840. The van der Waals surface area contributed by atoms with Crippen LogP contribution in [0.15, 0.2) is 32.3 Å². The summed E-state index contributed by atoms with van der Waals surface area (Å²) in [5.41, 5.74) is 0.259. The van der Waals surface area contributed by atoms with Gasteiger partial charge in [-0.2, -0.15) is 0 Å². The molecule has 6 heteroatoms. The summed E-state index contributed by atoms with van der Waals surface area (Å²) >= 11 is 3.32. The third-order valence-electron chi connectivity index (χ3n) is 2.65. The molecule has 0 radical (unpaired) electrons. The third-order valence-corrected chi connectivity index (χ3v) is 3.32. The van der Waals surface area contributed by atoms with Gasteiger partial charge < -0.3 is 5.11 Å². The van der Waals surface area contributed by atoms with E-state index in [2.05, 4.69) is 20.9 Å². The molecule has 5 nitrogen and oxygen atoms in total. The van der Waals surface area contributed by atoms with Crippen LogP contribution in [-0.4, -0.2) is 14.7 Å². The molecular weight excluding hydrogens is 300 g/mol. The number of H-pyrrole nitrogens is 1. The first kappa shape index (κ1) is 12.6. The summed E-state index contributed by atoms with van der Waals surface area (Å²) in [5.74, 6) is -0.352. The van der Waals surface area contributed by atoms with Crippen molar-refractivity contribution in [2.45, 2.75) is 13.8 Å². The fourth-order valence-electron chi connectivity index (χ4n) is 1.63. The van der Waals surface area contributed by atoms with Gasteiger partial charge in [0.1, 0.15) is 0 Å². The number of halogens is 1. The van der Waals surface area contributed by atoms with Crippen LogP contribution in [0.4, 0.5) is 0 Å². The van der Waals surface area contributed by atoms with Gasteiger partial charge in [0.15, 0.2) is 0 Å². The molecular formula is C12H11BrN2O3. The van der Waals surface area contributed by atoms with Crippen molar-refractivity contribution in [3.63, 3.8) is 0 Å². The Hall–Kier alpha value is -1.82. The maximum absolute atomic E-state index is 11.8. The maximum atomic E-state index is 11.8. The first-order valence-electron chi connectivity index (χ1n) is 5.23. The van der Waals surface area contributed by atoms with Gasteiger partial charge in [0, 0.05) is 4.47 Å². The fourth-order valence-corrected chi connectivity index (χ4v) is 2.05. The summed E-state index contributed by atoms with van der Waals surface area (Å²) in [6, 6.07) is 5.38. The van der Waals surface area contributed by atoms with Crippen molar-refractivity contribution >= 4 is 15.9 Å². The highest BCUT2D eigenvalue weighted by Gasteiger charge is 2.14. The van der Waals surface area contributed by atoms with Gasteiger partial charge >= 0.3 is 5.69 Å². The van der Waals surface area contributed by atoms with E-state index < -0.39 is 11.2 Å². The number of nitrogens with zero attached hydrogens (tertiary/aromatic N) is 1. The Labute approximate surface area is 111 Å². The number of rotatable bonds is 1. The monoisotopic (exact) mass is 310 g/mol. The second-order valence-electron chi connectivity index (χ2n) is 4.00. The number of aromatic hydroxyl groups is 1. The molecule has 1 aromatic carbocycles. The highest BCUT2D eigenvalue weighted by Crippen LogP contribution is 2.24. The normalized spacial score (nSPS) is 10.6. The summed E-state index contributed by atoms with van der Waals surface area (Å²) in [4.78, 5) is 25.3. The molecule has 0 fully saturated rings. The lowest BCUT2D eigenvalue weighted by molar-refractivity contribution is 0.426. The van der Waals surface area contributed by atoms with Crippen molar-refractivity contribution in [1.29, 1.82) is 0 Å². The molecule has 0 spiro atoms. The second-order valence-corrected chi connectivity index (χ2v) is 4.85. The molecule has 2 N–H and O–H groups in total. The van der Waals surface area contributed by atoms with E-state index >= 15 is 0 Å². The van der Waals surface area contributed by atoms with Crippen molar-refractivity contribution < 1.29 is 5.11 Å². The van der Waals surface area contributed by atoms with Gasteiger partial charge in [0.05, 0.1) is 11.3 Å². The third kappa shape index (κ3) is 1.99. The van der Waals surface area contributed by atoms with Crippen LogP contribution in [0.25, 0.3) is 5.69 Å². The molecule has 2 rings (SSSR count). The number of aromatic nitrogens is 2. The Kier molecular flexibility index (Phi) is 3.13. The Morgan fingerprint density at radius 2 is 1.94 bits per heavy atom. The molecule has 0 atom stereocenters. The smallest absolute Gasteiger partial charge is 0.335 e. The van der Waals surface area contributed by atoms with Crippen molar-refractivity contribution in [2.24, 2.45) is 0 Å². The van der Waals surface area contributed by atoms with E-state index in [0.717, 1.165) is 10.1 Å². The van der Waals surface area contributed by atoms with E-state index in [4.69, 9.17) is 0 Å². The van der Waals surface area contributed by atoms with Gasteiger partial charge in [-0.3, -0.25) is 9.78 Å². The molecule has 18 heavy (non-hydrogen) atoms. The van der Waals surface area contributed by atoms with Gasteiger partial charge in [-0.05, 0) is 47.5 Å². The maximum Gasteiger partial charge on any atom is 0.335 e. The minimum Gasteiger partial charge on any atom is -0.494 e. The number of aromatic amines is 1. The lowest BCUT2D eigenvalue weighted by Crippen LogP contribution is -2.30. The number of nitrogens with one attached hydrogen (secondary N) is 1. The topological polar surface area (TPSA) is 75.1 Å². The lowest BCUT2D eigenvalue weighted by Gasteiger charge is -2.11. The van der Waals surface area contributed by atoms with Crippen LogP contribution in [-0.2, 0) is 0 Å². The van der Waals surface area contributed by atoms with Gasteiger partial charge in [0.2, 0.25) is 5.88 Å². The van der Waals surface area contributed by atoms with Gasteiger partial charge in [0.25, 0.3) is 5.56 Å². The van der Waals surface area contributed by atoms with Crippen LogP contribution >= 0.6 is 15.9 Å². The summed E-state index contributed by atoms with van der Waals surface area (Å²) in [7, 11) is 0. The molecule has 0 bridgehead atoms. The van der Waals surface area contributed by atoms with Crippen LogP contribution in [0, 0.1) is 13.8 Å². The van der Waals surface area contributed by atoms with Crippen LogP contribution in [0.1, 0.15) is 11.1 Å². The van der Waals surface area contributed by atoms with E-state index in [-0.39, 0.29) is 11.4 Å². The SMILES string of the molecule is Cc1ccc(Br)c(-n2c(O)c(C)c(=O)[nH]c2=O)c1. The van der Waals surface area contributed by atoms with E-state index in [1.54, 1.807) is 12.1 Å². The predicted molar refractivity (Wildman–Crippen MR) is 71.5 cm³/mol. The fraction of sp³-hybridized carbons (Fsp3) is 0.167. The number of hydrogen-bond donors (Lipinski definition) is 2. The number of benzene rings is 1. The van der Waals surface area contributed by atoms with E-state index in [1.807, 2.05) is 13.0 Å². The largest absolute Gasteiger partial charge is 0.494 e. The molecule has 1 aromatic heterocycles. The van der Waals surface area contributed by atoms with Gasteiger partial charge in [-0.25, -0.2) is 9.36 Å². The van der Waals surface area contributed by atoms with Crippen molar-refractivity contribution in [3.05, 3.63) is 54.6 Å². The lowest BCUT2D eigenvalue weighted by atomic mass is 10.2. The standard InChI is InChI=1S/C12H11BrN2O3/c1-6-3-4-8(13)9(5-6)15-11(17)7(2)10(16)14-12(15)18/h3-5,17H,1-2H3,(H,14,16,18). The molecule has 0 saturated carbocycles. The Balaban J connectivity index is 2.88. The Bertz CT molecular complexity index is 731. The number of hydrogen-bond acceptors (Lipinski definition) is 3. The highest BCUT2D eigenvalue weighted by molar-refractivity contribution is 9.10. The number of aryl methyl sites for hydroxylation is 1. The molecule has 0 aliphatic heterocycles. The zero-order valence-corrected chi connectivity index (χ0v) is 11.4. The molecule has 0 unspecified atom stereocenters. The zero-order chi connectivity index (χ0) is 13.4. The molecule has 94 valence electrons.